The van der Waals surface area contributed by atoms with Crippen molar-refractivity contribution in [2.45, 2.75) is 86.4 Å². The first kappa shape index (κ1) is 30.9. The van der Waals surface area contributed by atoms with Gasteiger partial charge in [0, 0.05) is 24.4 Å². The number of aryl methyl sites for hydroxylation is 2. The van der Waals surface area contributed by atoms with E-state index in [-0.39, 0.29) is 5.91 Å². The van der Waals surface area contributed by atoms with Gasteiger partial charge >= 0.3 is 5.97 Å². The summed E-state index contributed by atoms with van der Waals surface area (Å²) >= 11 is 0. The fourth-order valence-corrected chi connectivity index (χ4v) is 4.52. The van der Waals surface area contributed by atoms with Crippen molar-refractivity contribution >= 4 is 11.9 Å². The zero-order valence-electron chi connectivity index (χ0n) is 24.9. The normalized spacial score (nSPS) is 13.2. The molecular weight excluding hydrogens is 506 g/mol. The SMILES string of the molecule is CCOC(=O)C(C)(C)Oc1c(C)cc(CN(CC(NC(=O)C2=CCCC=C2)=C(C)C)Cc2ncco2)cc1CC. The van der Waals surface area contributed by atoms with Crippen molar-refractivity contribution in [3.63, 3.8) is 0 Å². The molecule has 216 valence electrons. The Morgan fingerprint density at radius 1 is 1.15 bits per heavy atom. The molecule has 1 N–H and O–H groups in total. The molecule has 0 atom stereocenters. The Morgan fingerprint density at radius 3 is 2.52 bits per heavy atom. The summed E-state index contributed by atoms with van der Waals surface area (Å²) in [6.45, 7) is 15.2. The highest BCUT2D eigenvalue weighted by molar-refractivity contribution is 5.97. The quantitative estimate of drug-likeness (QED) is 0.308. The number of carbonyl (C=O) groups is 2. The van der Waals surface area contributed by atoms with Crippen molar-refractivity contribution in [2.24, 2.45) is 0 Å². The summed E-state index contributed by atoms with van der Waals surface area (Å²) < 4.78 is 17.0. The molecule has 1 heterocycles. The molecule has 1 amide bonds. The van der Waals surface area contributed by atoms with E-state index in [0.29, 0.717) is 43.5 Å². The molecule has 0 fully saturated rings. The molecule has 1 aliphatic rings. The fourth-order valence-electron chi connectivity index (χ4n) is 4.52. The van der Waals surface area contributed by atoms with Crippen LogP contribution in [0, 0.1) is 6.92 Å². The van der Waals surface area contributed by atoms with Gasteiger partial charge in [-0.3, -0.25) is 9.69 Å². The number of rotatable bonds is 13. The van der Waals surface area contributed by atoms with E-state index in [0.717, 1.165) is 47.2 Å². The van der Waals surface area contributed by atoms with Gasteiger partial charge in [-0.15, -0.1) is 0 Å². The molecule has 0 unspecified atom stereocenters. The number of esters is 1. The molecule has 0 saturated carbocycles. The van der Waals surface area contributed by atoms with E-state index in [4.69, 9.17) is 13.9 Å². The van der Waals surface area contributed by atoms with Crippen molar-refractivity contribution in [3.8, 4) is 5.75 Å². The zero-order valence-corrected chi connectivity index (χ0v) is 24.9. The third kappa shape index (κ3) is 8.42. The van der Waals surface area contributed by atoms with Crippen molar-refractivity contribution in [1.29, 1.82) is 0 Å². The lowest BCUT2D eigenvalue weighted by Crippen LogP contribution is -2.40. The van der Waals surface area contributed by atoms with Crippen LogP contribution in [0.15, 0.2) is 64.1 Å². The van der Waals surface area contributed by atoms with E-state index in [1.165, 1.54) is 0 Å². The fraction of sp³-hybridized carbons (Fsp3) is 0.469. The lowest BCUT2D eigenvalue weighted by molar-refractivity contribution is -0.158. The van der Waals surface area contributed by atoms with Gasteiger partial charge in [-0.2, -0.15) is 0 Å². The van der Waals surface area contributed by atoms with Gasteiger partial charge in [0.2, 0.25) is 5.89 Å². The van der Waals surface area contributed by atoms with E-state index in [9.17, 15) is 9.59 Å². The van der Waals surface area contributed by atoms with E-state index < -0.39 is 11.6 Å². The average Bonchev–Trinajstić information content (AvgIpc) is 3.43. The number of benzene rings is 1. The summed E-state index contributed by atoms with van der Waals surface area (Å²) in [5.74, 6) is 0.807. The van der Waals surface area contributed by atoms with Crippen LogP contribution in [0.5, 0.6) is 5.75 Å². The van der Waals surface area contributed by atoms with Gasteiger partial charge in [0.25, 0.3) is 5.91 Å². The molecule has 8 heteroatoms. The van der Waals surface area contributed by atoms with Crippen molar-refractivity contribution < 1.29 is 23.5 Å². The molecule has 1 aromatic heterocycles. The van der Waals surface area contributed by atoms with Gasteiger partial charge in [0.1, 0.15) is 12.0 Å². The van der Waals surface area contributed by atoms with Crippen molar-refractivity contribution in [2.75, 3.05) is 13.2 Å². The standard InChI is InChI=1S/C32H43N3O5/c1-8-25-18-24(17-23(5)29(25)40-32(6,7)31(37)38-9-2)19-35(21-28-33-15-16-39-28)20-27(22(3)4)34-30(36)26-13-11-10-12-14-26/h11,13-18H,8-10,12,19-21H2,1-7H3,(H,34,36). The number of nitrogens with zero attached hydrogens (tertiary/aromatic N) is 2. The maximum atomic E-state index is 13.0. The van der Waals surface area contributed by atoms with Crippen molar-refractivity contribution in [3.05, 3.63) is 82.2 Å². The minimum absolute atomic E-state index is 0.0990. The number of hydrogen-bond donors (Lipinski definition) is 1. The van der Waals surface area contributed by atoms with Crippen molar-refractivity contribution in [1.82, 2.24) is 15.2 Å². The molecule has 40 heavy (non-hydrogen) atoms. The second-order valence-electron chi connectivity index (χ2n) is 10.7. The molecule has 0 spiro atoms. The number of carbonyl (C=O) groups excluding carboxylic acids is 2. The van der Waals surface area contributed by atoms with Gasteiger partial charge < -0.3 is 19.2 Å². The summed E-state index contributed by atoms with van der Waals surface area (Å²) in [6, 6.07) is 4.20. The number of ether oxygens (including phenoxy) is 2. The Bertz CT molecular complexity index is 1270. The lowest BCUT2D eigenvalue weighted by Gasteiger charge is -2.28. The second kappa shape index (κ2) is 14.1. The van der Waals surface area contributed by atoms with E-state index >= 15 is 0 Å². The summed E-state index contributed by atoms with van der Waals surface area (Å²) in [6.07, 6.45) is 11.7. The molecule has 0 aliphatic heterocycles. The van der Waals surface area contributed by atoms with Crippen LogP contribution in [0.3, 0.4) is 0 Å². The molecular formula is C32H43N3O5. The van der Waals surface area contributed by atoms with Gasteiger partial charge in [-0.25, -0.2) is 9.78 Å². The monoisotopic (exact) mass is 549 g/mol. The number of aromatic nitrogens is 1. The summed E-state index contributed by atoms with van der Waals surface area (Å²) in [5, 5.41) is 3.14. The number of allylic oxidation sites excluding steroid dienone is 3. The van der Waals surface area contributed by atoms with Crippen LogP contribution in [-0.2, 0) is 33.8 Å². The summed E-state index contributed by atoms with van der Waals surface area (Å²) in [7, 11) is 0. The van der Waals surface area contributed by atoms with Gasteiger partial charge in [-0.05, 0) is 77.5 Å². The first-order valence-corrected chi connectivity index (χ1v) is 14.0. The zero-order chi connectivity index (χ0) is 29.3. The maximum absolute atomic E-state index is 13.0. The second-order valence-corrected chi connectivity index (χ2v) is 10.7. The van der Waals surface area contributed by atoms with Crippen LogP contribution in [0.25, 0.3) is 0 Å². The Morgan fingerprint density at radius 2 is 1.93 bits per heavy atom. The van der Waals surface area contributed by atoms with Crippen LogP contribution in [0.4, 0.5) is 0 Å². The molecule has 8 nitrogen and oxygen atoms in total. The molecule has 2 aromatic rings. The topological polar surface area (TPSA) is 93.9 Å². The van der Waals surface area contributed by atoms with E-state index in [1.54, 1.807) is 33.2 Å². The molecule has 1 aromatic carbocycles. The first-order chi connectivity index (χ1) is 19.0. The van der Waals surface area contributed by atoms with Gasteiger partial charge in [0.15, 0.2) is 5.60 Å². The predicted molar refractivity (Wildman–Crippen MR) is 155 cm³/mol. The Balaban J connectivity index is 1.86. The molecule has 1 aliphatic carbocycles. The Labute approximate surface area is 238 Å². The molecule has 0 bridgehead atoms. The smallest absolute Gasteiger partial charge is 0.349 e. The van der Waals surface area contributed by atoms with Crippen LogP contribution < -0.4 is 10.1 Å². The number of hydrogen-bond acceptors (Lipinski definition) is 7. The maximum Gasteiger partial charge on any atom is 0.349 e. The highest BCUT2D eigenvalue weighted by Crippen LogP contribution is 2.31. The average molecular weight is 550 g/mol. The molecule has 0 saturated heterocycles. The van der Waals surface area contributed by atoms with Gasteiger partial charge in [0.05, 0.1) is 19.3 Å². The first-order valence-electron chi connectivity index (χ1n) is 14.0. The minimum atomic E-state index is -1.11. The lowest BCUT2D eigenvalue weighted by atomic mass is 10.0. The Kier molecular flexibility index (Phi) is 10.9. The Hall–Kier alpha value is -3.65. The molecule has 0 radical (unpaired) electrons. The van der Waals surface area contributed by atoms with Gasteiger partial charge in [-0.1, -0.05) is 42.9 Å². The largest absolute Gasteiger partial charge is 0.476 e. The number of nitrogens with one attached hydrogen (secondary N) is 1. The number of oxazole rings is 1. The predicted octanol–water partition coefficient (Wildman–Crippen LogP) is 5.95. The highest BCUT2D eigenvalue weighted by Gasteiger charge is 2.33. The summed E-state index contributed by atoms with van der Waals surface area (Å²) in [5.41, 5.74) is 4.49. The summed E-state index contributed by atoms with van der Waals surface area (Å²) in [4.78, 5) is 32.0. The minimum Gasteiger partial charge on any atom is -0.476 e. The third-order valence-electron chi connectivity index (χ3n) is 6.67. The van der Waals surface area contributed by atoms with E-state index in [2.05, 4.69) is 34.3 Å². The van der Waals surface area contributed by atoms with Crippen LogP contribution in [0.1, 0.15) is 77.0 Å². The highest BCUT2D eigenvalue weighted by atomic mass is 16.6. The molecule has 3 rings (SSSR count). The number of amides is 1. The van der Waals surface area contributed by atoms with Crippen LogP contribution in [-0.4, -0.2) is 40.5 Å². The third-order valence-corrected chi connectivity index (χ3v) is 6.67. The van der Waals surface area contributed by atoms with Crippen LogP contribution >= 0.6 is 0 Å². The van der Waals surface area contributed by atoms with Crippen LogP contribution in [0.2, 0.25) is 0 Å². The van der Waals surface area contributed by atoms with E-state index in [1.807, 2.05) is 39.0 Å².